The summed E-state index contributed by atoms with van der Waals surface area (Å²) in [5.41, 5.74) is 6.52. The molecule has 1 nitrogen and oxygen atoms in total. The van der Waals surface area contributed by atoms with E-state index in [-0.39, 0.29) is 5.82 Å². The van der Waals surface area contributed by atoms with E-state index >= 15 is 0 Å². The van der Waals surface area contributed by atoms with Crippen LogP contribution >= 0.6 is 0 Å². The van der Waals surface area contributed by atoms with Gasteiger partial charge >= 0.3 is 0 Å². The number of aromatic amines is 1. The molecule has 0 fully saturated rings. The first kappa shape index (κ1) is 12.7. The van der Waals surface area contributed by atoms with E-state index in [0.29, 0.717) is 0 Å². The van der Waals surface area contributed by atoms with Crippen molar-refractivity contribution < 1.29 is 4.39 Å². The third-order valence-corrected chi connectivity index (χ3v) is 3.66. The number of hydrogen-bond donors (Lipinski definition) is 1. The van der Waals surface area contributed by atoms with Gasteiger partial charge in [0.25, 0.3) is 0 Å². The Bertz CT molecular complexity index is 794. The molecule has 0 saturated carbocycles. The molecule has 0 radical (unpaired) electrons. The molecule has 0 unspecified atom stereocenters. The van der Waals surface area contributed by atoms with Gasteiger partial charge in [0.05, 0.1) is 0 Å². The number of hydrogen-bond acceptors (Lipinski definition) is 0. The van der Waals surface area contributed by atoms with E-state index in [1.54, 1.807) is 12.1 Å². The number of aromatic nitrogens is 1. The summed E-state index contributed by atoms with van der Waals surface area (Å²) in [6.45, 7) is 8.10. The minimum Gasteiger partial charge on any atom is -0.355 e. The molecule has 0 aliphatic carbocycles. The fourth-order valence-electron chi connectivity index (χ4n) is 2.59. The third kappa shape index (κ3) is 2.03. The molecule has 100 valence electrons. The average molecular weight is 265 g/mol. The van der Waals surface area contributed by atoms with Crippen molar-refractivity contribution in [2.24, 2.45) is 0 Å². The molecule has 0 atom stereocenters. The van der Waals surface area contributed by atoms with Crippen molar-refractivity contribution in [1.29, 1.82) is 0 Å². The van der Waals surface area contributed by atoms with Gasteiger partial charge in [0.1, 0.15) is 5.82 Å². The van der Waals surface area contributed by atoms with Gasteiger partial charge in [-0.2, -0.15) is 0 Å². The molecule has 0 amide bonds. The molecule has 1 N–H and O–H groups in total. The van der Waals surface area contributed by atoms with Crippen molar-refractivity contribution in [2.75, 3.05) is 0 Å². The number of H-pyrrole nitrogens is 1. The van der Waals surface area contributed by atoms with Crippen LogP contribution < -0.4 is 0 Å². The average Bonchev–Trinajstić information content (AvgIpc) is 2.77. The zero-order valence-electron chi connectivity index (χ0n) is 11.6. The summed E-state index contributed by atoms with van der Waals surface area (Å²) in [6.07, 6.45) is 0. The van der Waals surface area contributed by atoms with Crippen LogP contribution in [0.5, 0.6) is 0 Å². The van der Waals surface area contributed by atoms with Crippen molar-refractivity contribution in [3.05, 3.63) is 66.1 Å². The lowest BCUT2D eigenvalue weighted by Crippen LogP contribution is -1.79. The molecular formula is C18H16FN. The normalized spacial score (nSPS) is 10.9. The SMILES string of the molecule is C=C(C)c1[nH]c2cc(-c3ccc(F)cc3)ccc2c1C. The number of rotatable bonds is 2. The Labute approximate surface area is 117 Å². The van der Waals surface area contributed by atoms with Crippen LogP contribution in [0.2, 0.25) is 0 Å². The Balaban J connectivity index is 2.15. The van der Waals surface area contributed by atoms with E-state index < -0.39 is 0 Å². The summed E-state index contributed by atoms with van der Waals surface area (Å²) in [5.74, 6) is -0.213. The Kier molecular flexibility index (Phi) is 2.94. The highest BCUT2D eigenvalue weighted by molar-refractivity contribution is 5.91. The zero-order valence-corrected chi connectivity index (χ0v) is 11.6. The van der Waals surface area contributed by atoms with E-state index in [0.717, 1.165) is 27.9 Å². The molecule has 2 heteroatoms. The van der Waals surface area contributed by atoms with Crippen molar-refractivity contribution in [2.45, 2.75) is 13.8 Å². The number of benzene rings is 2. The van der Waals surface area contributed by atoms with Crippen LogP contribution in [0.25, 0.3) is 27.6 Å². The zero-order chi connectivity index (χ0) is 14.3. The summed E-state index contributed by atoms with van der Waals surface area (Å²) in [4.78, 5) is 3.41. The summed E-state index contributed by atoms with van der Waals surface area (Å²) < 4.78 is 13.0. The van der Waals surface area contributed by atoms with Gasteiger partial charge in [-0.1, -0.05) is 30.8 Å². The van der Waals surface area contributed by atoms with Crippen molar-refractivity contribution >= 4 is 16.5 Å². The van der Waals surface area contributed by atoms with E-state index in [2.05, 4.69) is 36.7 Å². The Morgan fingerprint density at radius 3 is 2.35 bits per heavy atom. The number of aryl methyl sites for hydroxylation is 1. The highest BCUT2D eigenvalue weighted by atomic mass is 19.1. The molecule has 2 aromatic carbocycles. The van der Waals surface area contributed by atoms with Crippen LogP contribution in [0.3, 0.4) is 0 Å². The van der Waals surface area contributed by atoms with Crippen LogP contribution in [0.4, 0.5) is 4.39 Å². The highest BCUT2D eigenvalue weighted by Gasteiger charge is 2.09. The Hall–Kier alpha value is -2.35. The first-order chi connectivity index (χ1) is 9.56. The molecule has 1 aromatic heterocycles. The monoisotopic (exact) mass is 265 g/mol. The minimum atomic E-state index is -0.213. The van der Waals surface area contributed by atoms with Crippen LogP contribution in [-0.4, -0.2) is 4.98 Å². The van der Waals surface area contributed by atoms with Gasteiger partial charge in [-0.05, 0) is 54.3 Å². The van der Waals surface area contributed by atoms with Crippen molar-refractivity contribution in [3.8, 4) is 11.1 Å². The molecule has 0 bridgehead atoms. The van der Waals surface area contributed by atoms with Crippen molar-refractivity contribution in [3.63, 3.8) is 0 Å². The third-order valence-electron chi connectivity index (χ3n) is 3.66. The van der Waals surface area contributed by atoms with Gasteiger partial charge in [-0.3, -0.25) is 0 Å². The minimum absolute atomic E-state index is 0.213. The first-order valence-corrected chi connectivity index (χ1v) is 6.60. The summed E-state index contributed by atoms with van der Waals surface area (Å²) in [6, 6.07) is 12.8. The molecular weight excluding hydrogens is 249 g/mol. The topological polar surface area (TPSA) is 15.8 Å². The lowest BCUT2D eigenvalue weighted by molar-refractivity contribution is 0.628. The molecule has 0 aliphatic rings. The van der Waals surface area contributed by atoms with E-state index in [9.17, 15) is 4.39 Å². The van der Waals surface area contributed by atoms with Crippen LogP contribution in [0.1, 0.15) is 18.2 Å². The fourth-order valence-corrected chi connectivity index (χ4v) is 2.59. The maximum absolute atomic E-state index is 13.0. The molecule has 0 spiro atoms. The lowest BCUT2D eigenvalue weighted by atomic mass is 10.0. The lowest BCUT2D eigenvalue weighted by Gasteiger charge is -2.02. The van der Waals surface area contributed by atoms with Crippen molar-refractivity contribution in [1.82, 2.24) is 4.98 Å². The Morgan fingerprint density at radius 1 is 1.05 bits per heavy atom. The van der Waals surface area contributed by atoms with Gasteiger partial charge < -0.3 is 4.98 Å². The standard InChI is InChI=1S/C18H16FN/c1-11(2)18-12(3)16-9-6-14(10-17(16)20-18)13-4-7-15(19)8-5-13/h4-10,20H,1H2,2-3H3. The molecule has 3 aromatic rings. The second kappa shape index (κ2) is 4.64. The van der Waals surface area contributed by atoms with Crippen LogP contribution in [0, 0.1) is 12.7 Å². The molecule has 0 aliphatic heterocycles. The summed E-state index contributed by atoms with van der Waals surface area (Å²) in [5, 5.41) is 1.20. The number of nitrogens with one attached hydrogen (secondary N) is 1. The van der Waals surface area contributed by atoms with Gasteiger partial charge in [0.2, 0.25) is 0 Å². The number of fused-ring (bicyclic) bond motifs is 1. The molecule has 20 heavy (non-hydrogen) atoms. The van der Waals surface area contributed by atoms with E-state index in [4.69, 9.17) is 0 Å². The van der Waals surface area contributed by atoms with Gasteiger partial charge in [-0.15, -0.1) is 0 Å². The van der Waals surface area contributed by atoms with E-state index in [1.807, 2.05) is 6.92 Å². The quantitative estimate of drug-likeness (QED) is 0.645. The number of halogens is 1. The Morgan fingerprint density at radius 2 is 1.70 bits per heavy atom. The predicted molar refractivity (Wildman–Crippen MR) is 83.1 cm³/mol. The highest BCUT2D eigenvalue weighted by Crippen LogP contribution is 2.29. The smallest absolute Gasteiger partial charge is 0.123 e. The van der Waals surface area contributed by atoms with E-state index in [1.165, 1.54) is 23.1 Å². The van der Waals surface area contributed by atoms with Crippen LogP contribution in [-0.2, 0) is 0 Å². The summed E-state index contributed by atoms with van der Waals surface area (Å²) >= 11 is 0. The molecule has 0 saturated heterocycles. The maximum atomic E-state index is 13.0. The number of allylic oxidation sites excluding steroid dienone is 1. The molecule has 3 rings (SSSR count). The van der Waals surface area contributed by atoms with Gasteiger partial charge in [-0.25, -0.2) is 4.39 Å². The molecule has 1 heterocycles. The van der Waals surface area contributed by atoms with Gasteiger partial charge in [0, 0.05) is 16.6 Å². The predicted octanol–water partition coefficient (Wildman–Crippen LogP) is 5.32. The first-order valence-electron chi connectivity index (χ1n) is 6.60. The van der Waals surface area contributed by atoms with Crippen LogP contribution in [0.15, 0.2) is 49.0 Å². The second-order valence-corrected chi connectivity index (χ2v) is 5.17. The summed E-state index contributed by atoms with van der Waals surface area (Å²) in [7, 11) is 0. The second-order valence-electron chi connectivity index (χ2n) is 5.17. The van der Waals surface area contributed by atoms with Gasteiger partial charge in [0.15, 0.2) is 0 Å². The largest absolute Gasteiger partial charge is 0.355 e. The maximum Gasteiger partial charge on any atom is 0.123 e. The fraction of sp³-hybridized carbons (Fsp3) is 0.111.